The predicted molar refractivity (Wildman–Crippen MR) is 83.8 cm³/mol. The van der Waals surface area contributed by atoms with Crippen LogP contribution in [0.3, 0.4) is 0 Å². The molecule has 4 heterocycles. The molecule has 0 spiro atoms. The highest BCUT2D eigenvalue weighted by Crippen LogP contribution is 2.38. The van der Waals surface area contributed by atoms with E-state index in [2.05, 4.69) is 15.4 Å². The van der Waals surface area contributed by atoms with Crippen LogP contribution in [0.2, 0.25) is 0 Å². The highest BCUT2D eigenvalue weighted by molar-refractivity contribution is 6.02. The Labute approximate surface area is 133 Å². The molecule has 2 saturated heterocycles. The van der Waals surface area contributed by atoms with Gasteiger partial charge in [0.25, 0.3) is 0 Å². The third-order valence-electron chi connectivity index (χ3n) is 4.97. The average Bonchev–Trinajstić information content (AvgIpc) is 3.13. The van der Waals surface area contributed by atoms with E-state index in [0.717, 1.165) is 32.1 Å². The molecule has 1 N–H and O–H groups in total. The van der Waals surface area contributed by atoms with Crippen molar-refractivity contribution >= 4 is 23.1 Å². The molecular weight excluding hydrogens is 294 g/mol. The Morgan fingerprint density at radius 2 is 2.13 bits per heavy atom. The number of aromatic nitrogens is 3. The van der Waals surface area contributed by atoms with E-state index in [1.54, 1.807) is 34.1 Å². The molecule has 0 saturated carbocycles. The summed E-state index contributed by atoms with van der Waals surface area (Å²) in [7, 11) is 0. The summed E-state index contributed by atoms with van der Waals surface area (Å²) < 4.78 is 1.62. The molecule has 120 valence electrons. The van der Waals surface area contributed by atoms with Gasteiger partial charge in [0.2, 0.25) is 11.8 Å². The Kier molecular flexibility index (Phi) is 3.28. The smallest absolute Gasteiger partial charge is 0.250 e. The monoisotopic (exact) mass is 313 g/mol. The van der Waals surface area contributed by atoms with Gasteiger partial charge in [-0.3, -0.25) is 9.59 Å². The number of nitrogens with zero attached hydrogens (tertiary/aromatic N) is 4. The molecule has 0 aromatic carbocycles. The number of fused-ring (bicyclic) bond motifs is 2. The summed E-state index contributed by atoms with van der Waals surface area (Å²) in [5.74, 6) is -0.000979. The molecule has 23 heavy (non-hydrogen) atoms. The second-order valence-electron chi connectivity index (χ2n) is 6.29. The molecule has 0 bridgehead atoms. The van der Waals surface area contributed by atoms with Crippen molar-refractivity contribution in [3.63, 3.8) is 0 Å². The average molecular weight is 313 g/mol. The minimum absolute atomic E-state index is 0.105. The maximum absolute atomic E-state index is 13.0. The van der Waals surface area contributed by atoms with Crippen LogP contribution in [-0.2, 0) is 9.59 Å². The van der Waals surface area contributed by atoms with Gasteiger partial charge in [-0.05, 0) is 31.7 Å². The van der Waals surface area contributed by atoms with E-state index in [1.807, 2.05) is 0 Å². The van der Waals surface area contributed by atoms with Crippen molar-refractivity contribution in [2.75, 3.05) is 11.9 Å². The second kappa shape index (κ2) is 5.33. The summed E-state index contributed by atoms with van der Waals surface area (Å²) in [6, 6.07) is 1.78. The van der Waals surface area contributed by atoms with Gasteiger partial charge < -0.3 is 10.2 Å². The zero-order chi connectivity index (χ0) is 15.9. The van der Waals surface area contributed by atoms with Crippen LogP contribution in [0.15, 0.2) is 24.7 Å². The summed E-state index contributed by atoms with van der Waals surface area (Å²) in [6.07, 6.45) is 9.73. The summed E-state index contributed by atoms with van der Waals surface area (Å²) in [6.45, 7) is 0.680. The van der Waals surface area contributed by atoms with Gasteiger partial charge in [0.1, 0.15) is 11.2 Å². The largest absolute Gasteiger partial charge is 0.328 e. The number of hydrogen-bond donors (Lipinski definition) is 1. The highest BCUT2D eigenvalue weighted by atomic mass is 16.2. The number of nitrogens with one attached hydrogen (secondary N) is 1. The van der Waals surface area contributed by atoms with Crippen molar-refractivity contribution in [1.29, 1.82) is 0 Å². The number of hydrogen-bond acceptors (Lipinski definition) is 4. The van der Waals surface area contributed by atoms with E-state index in [4.69, 9.17) is 0 Å². The third-order valence-corrected chi connectivity index (χ3v) is 4.97. The molecule has 2 aromatic rings. The Morgan fingerprint density at radius 3 is 3.04 bits per heavy atom. The van der Waals surface area contributed by atoms with Gasteiger partial charge in [-0.25, -0.2) is 9.50 Å². The van der Waals surface area contributed by atoms with Crippen molar-refractivity contribution in [2.24, 2.45) is 0 Å². The zero-order valence-electron chi connectivity index (χ0n) is 12.9. The van der Waals surface area contributed by atoms with E-state index >= 15 is 0 Å². The number of amides is 2. The van der Waals surface area contributed by atoms with Crippen LogP contribution >= 0.6 is 0 Å². The van der Waals surface area contributed by atoms with E-state index in [0.29, 0.717) is 24.3 Å². The number of carbonyl (C=O) groups excluding carboxylic acids is 2. The van der Waals surface area contributed by atoms with E-state index in [9.17, 15) is 9.59 Å². The van der Waals surface area contributed by atoms with Crippen molar-refractivity contribution in [2.45, 2.75) is 44.1 Å². The molecule has 2 amide bonds. The molecular formula is C16H19N5O2. The fourth-order valence-electron chi connectivity index (χ4n) is 3.83. The van der Waals surface area contributed by atoms with Crippen molar-refractivity contribution in [1.82, 2.24) is 19.5 Å². The van der Waals surface area contributed by atoms with E-state index < -0.39 is 5.54 Å². The van der Waals surface area contributed by atoms with Crippen LogP contribution in [0.25, 0.3) is 5.65 Å². The van der Waals surface area contributed by atoms with Crippen LogP contribution in [0.1, 0.15) is 38.5 Å². The molecule has 2 aromatic heterocycles. The molecule has 0 radical (unpaired) electrons. The number of rotatable bonds is 2. The molecule has 7 nitrogen and oxygen atoms in total. The minimum Gasteiger partial charge on any atom is -0.328 e. The lowest BCUT2D eigenvalue weighted by Gasteiger charge is -2.35. The normalized spacial score (nSPS) is 24.5. The van der Waals surface area contributed by atoms with Crippen molar-refractivity contribution in [3.8, 4) is 0 Å². The van der Waals surface area contributed by atoms with Crippen molar-refractivity contribution < 1.29 is 9.59 Å². The first kappa shape index (κ1) is 14.2. The molecule has 2 fully saturated rings. The number of anilines is 1. The molecule has 1 unspecified atom stereocenters. The first-order valence-electron chi connectivity index (χ1n) is 8.11. The Balaban J connectivity index is 1.66. The molecule has 1 atom stereocenters. The van der Waals surface area contributed by atoms with Gasteiger partial charge in [-0.15, -0.1) is 0 Å². The summed E-state index contributed by atoms with van der Waals surface area (Å²) in [5.41, 5.74) is 0.506. The lowest BCUT2D eigenvalue weighted by atomic mass is 9.89. The van der Waals surface area contributed by atoms with Gasteiger partial charge in [-0.1, -0.05) is 6.42 Å². The minimum atomic E-state index is -0.698. The van der Waals surface area contributed by atoms with Crippen LogP contribution < -0.4 is 5.32 Å². The second-order valence-corrected chi connectivity index (χ2v) is 6.29. The van der Waals surface area contributed by atoms with E-state index in [1.165, 1.54) is 0 Å². The van der Waals surface area contributed by atoms with Crippen LogP contribution in [0.4, 0.5) is 5.69 Å². The molecule has 2 aliphatic rings. The van der Waals surface area contributed by atoms with E-state index in [-0.39, 0.29) is 11.8 Å². The van der Waals surface area contributed by atoms with Crippen LogP contribution in [-0.4, -0.2) is 43.4 Å². The fraction of sp³-hybridized carbons (Fsp3) is 0.500. The summed E-state index contributed by atoms with van der Waals surface area (Å²) in [4.78, 5) is 31.4. The quantitative estimate of drug-likeness (QED) is 0.913. The maximum Gasteiger partial charge on any atom is 0.250 e. The van der Waals surface area contributed by atoms with Gasteiger partial charge in [0.15, 0.2) is 5.65 Å². The standard InChI is InChI=1S/C16H19N5O2/c22-13-5-1-2-6-16(7-3-9-20(13)16)15(23)19-12-11-18-21-10-4-8-17-14(12)21/h4,8,10-11H,1-3,5-7,9H2,(H,19,23). The van der Waals surface area contributed by atoms with Gasteiger partial charge in [-0.2, -0.15) is 5.10 Å². The Hall–Kier alpha value is -2.44. The molecule has 2 aliphatic heterocycles. The van der Waals surface area contributed by atoms with Gasteiger partial charge in [0, 0.05) is 25.4 Å². The lowest BCUT2D eigenvalue weighted by molar-refractivity contribution is -0.141. The summed E-state index contributed by atoms with van der Waals surface area (Å²) in [5, 5.41) is 7.16. The lowest BCUT2D eigenvalue weighted by Crippen LogP contribution is -2.54. The first-order valence-corrected chi connectivity index (χ1v) is 8.11. The first-order chi connectivity index (χ1) is 11.2. The fourth-order valence-corrected chi connectivity index (χ4v) is 3.83. The van der Waals surface area contributed by atoms with Gasteiger partial charge >= 0.3 is 0 Å². The Morgan fingerprint density at radius 1 is 1.26 bits per heavy atom. The maximum atomic E-state index is 13.0. The van der Waals surface area contributed by atoms with Crippen LogP contribution in [0.5, 0.6) is 0 Å². The molecule has 4 rings (SSSR count). The Bertz CT molecular complexity index is 771. The molecule has 0 aliphatic carbocycles. The third kappa shape index (κ3) is 2.18. The number of carbonyl (C=O) groups is 2. The topological polar surface area (TPSA) is 79.6 Å². The molecule has 7 heteroatoms. The summed E-state index contributed by atoms with van der Waals surface area (Å²) >= 11 is 0. The highest BCUT2D eigenvalue weighted by Gasteiger charge is 2.50. The van der Waals surface area contributed by atoms with Crippen LogP contribution in [0, 0.1) is 0 Å². The predicted octanol–water partition coefficient (Wildman–Crippen LogP) is 1.60. The van der Waals surface area contributed by atoms with Gasteiger partial charge in [0.05, 0.1) is 6.20 Å². The zero-order valence-corrected chi connectivity index (χ0v) is 12.9. The SMILES string of the molecule is O=C1CCCCC2(C(=O)Nc3cnn4cccnc34)CCCN12. The van der Waals surface area contributed by atoms with Crippen molar-refractivity contribution in [3.05, 3.63) is 24.7 Å².